The van der Waals surface area contributed by atoms with Gasteiger partial charge < -0.3 is 15.0 Å². The van der Waals surface area contributed by atoms with Gasteiger partial charge in [-0.2, -0.15) is 0 Å². The molecule has 0 unspecified atom stereocenters. The average molecular weight is 387 g/mol. The zero-order valence-electron chi connectivity index (χ0n) is 11.7. The molecule has 1 saturated carbocycles. The number of hydrogen-bond donors (Lipinski definition) is 1. The van der Waals surface area contributed by atoms with E-state index in [1.54, 1.807) is 11.3 Å². The third-order valence-electron chi connectivity index (χ3n) is 3.72. The number of halogens is 1. The van der Waals surface area contributed by atoms with Crippen molar-refractivity contribution in [3.05, 3.63) is 32.1 Å². The number of thiophene rings is 1. The first-order valence-corrected chi connectivity index (χ1v) is 8.68. The van der Waals surface area contributed by atoms with Crippen LogP contribution in [0.15, 0.2) is 27.2 Å². The second-order valence-electron chi connectivity index (χ2n) is 5.12. The summed E-state index contributed by atoms with van der Waals surface area (Å²) in [7, 11) is 1.42. The summed E-state index contributed by atoms with van der Waals surface area (Å²) < 4.78 is 6.01. The SMILES string of the molecule is COC(=O)C1=C(C)N(C2CC2)C(=S)N[C@H]1c1ccc(Br)s1. The van der Waals surface area contributed by atoms with Gasteiger partial charge in [0.05, 0.1) is 22.5 Å². The van der Waals surface area contributed by atoms with Gasteiger partial charge in [0.2, 0.25) is 0 Å². The van der Waals surface area contributed by atoms with Gasteiger partial charge in [0.1, 0.15) is 0 Å². The Kier molecular flexibility index (Phi) is 4.07. The maximum atomic E-state index is 12.3. The highest BCUT2D eigenvalue weighted by Gasteiger charge is 2.41. The molecule has 0 aromatic carbocycles. The van der Waals surface area contributed by atoms with Gasteiger partial charge in [-0.3, -0.25) is 0 Å². The van der Waals surface area contributed by atoms with Crippen LogP contribution in [0.5, 0.6) is 0 Å². The zero-order valence-corrected chi connectivity index (χ0v) is 14.9. The molecule has 3 rings (SSSR count). The minimum atomic E-state index is -0.303. The number of thiocarbonyl (C=S) groups is 1. The van der Waals surface area contributed by atoms with Gasteiger partial charge in [0.25, 0.3) is 0 Å². The molecule has 0 bridgehead atoms. The number of nitrogens with zero attached hydrogens (tertiary/aromatic N) is 1. The first-order chi connectivity index (χ1) is 10.0. The molecule has 1 aromatic rings. The van der Waals surface area contributed by atoms with Crippen molar-refractivity contribution in [1.82, 2.24) is 10.2 Å². The second-order valence-corrected chi connectivity index (χ2v) is 8.00. The predicted molar refractivity (Wildman–Crippen MR) is 90.1 cm³/mol. The molecule has 0 spiro atoms. The van der Waals surface area contributed by atoms with Crippen molar-refractivity contribution in [2.75, 3.05) is 7.11 Å². The van der Waals surface area contributed by atoms with Gasteiger partial charge >= 0.3 is 5.97 Å². The Morgan fingerprint density at radius 2 is 2.24 bits per heavy atom. The predicted octanol–water partition coefficient (Wildman–Crippen LogP) is 3.35. The van der Waals surface area contributed by atoms with Crippen molar-refractivity contribution in [1.29, 1.82) is 0 Å². The molecule has 1 aliphatic heterocycles. The zero-order chi connectivity index (χ0) is 15.1. The maximum Gasteiger partial charge on any atom is 0.338 e. The van der Waals surface area contributed by atoms with Crippen LogP contribution in [-0.2, 0) is 9.53 Å². The van der Waals surface area contributed by atoms with Crippen molar-refractivity contribution in [2.24, 2.45) is 0 Å². The normalized spacial score (nSPS) is 22.3. The molecule has 1 aromatic heterocycles. The lowest BCUT2D eigenvalue weighted by molar-refractivity contribution is -0.136. The topological polar surface area (TPSA) is 41.6 Å². The van der Waals surface area contributed by atoms with E-state index in [0.29, 0.717) is 16.7 Å². The molecule has 0 radical (unpaired) electrons. The summed E-state index contributed by atoms with van der Waals surface area (Å²) in [4.78, 5) is 15.4. The van der Waals surface area contributed by atoms with Crippen LogP contribution in [-0.4, -0.2) is 29.1 Å². The van der Waals surface area contributed by atoms with E-state index in [9.17, 15) is 4.79 Å². The molecule has 1 aliphatic carbocycles. The van der Waals surface area contributed by atoms with Crippen molar-refractivity contribution >= 4 is 50.6 Å². The highest BCUT2D eigenvalue weighted by atomic mass is 79.9. The summed E-state index contributed by atoms with van der Waals surface area (Å²) in [5.41, 5.74) is 1.55. The van der Waals surface area contributed by atoms with E-state index in [2.05, 4.69) is 26.1 Å². The van der Waals surface area contributed by atoms with Crippen LogP contribution < -0.4 is 5.32 Å². The Bertz CT molecular complexity index is 637. The fourth-order valence-electron chi connectivity index (χ4n) is 2.60. The summed E-state index contributed by atoms with van der Waals surface area (Å²) in [6.07, 6.45) is 2.23. The van der Waals surface area contributed by atoms with E-state index in [-0.39, 0.29) is 12.0 Å². The van der Waals surface area contributed by atoms with Gasteiger partial charge in [-0.05, 0) is 60.0 Å². The Morgan fingerprint density at radius 1 is 1.52 bits per heavy atom. The number of ether oxygens (including phenoxy) is 1. The first kappa shape index (κ1) is 15.0. The monoisotopic (exact) mass is 386 g/mol. The van der Waals surface area contributed by atoms with Crippen LogP contribution in [0.2, 0.25) is 0 Å². The summed E-state index contributed by atoms with van der Waals surface area (Å²) in [6, 6.07) is 4.15. The van der Waals surface area contributed by atoms with E-state index in [1.165, 1.54) is 7.11 Å². The Hall–Kier alpha value is -0.920. The van der Waals surface area contributed by atoms with E-state index in [1.807, 2.05) is 19.1 Å². The second kappa shape index (κ2) is 5.70. The molecular formula is C14H15BrN2O2S2. The molecule has 1 fully saturated rings. The lowest BCUT2D eigenvalue weighted by atomic mass is 10.0. The Balaban J connectivity index is 2.06. The van der Waals surface area contributed by atoms with Crippen LogP contribution in [0, 0.1) is 0 Å². The van der Waals surface area contributed by atoms with Crippen molar-refractivity contribution in [2.45, 2.75) is 31.8 Å². The van der Waals surface area contributed by atoms with Crippen molar-refractivity contribution in [3.8, 4) is 0 Å². The average Bonchev–Trinajstić information content (AvgIpc) is 3.18. The minimum Gasteiger partial charge on any atom is -0.466 e. The fourth-order valence-corrected chi connectivity index (χ4v) is 4.49. The van der Waals surface area contributed by atoms with Crippen molar-refractivity contribution in [3.63, 3.8) is 0 Å². The summed E-state index contributed by atoms with van der Waals surface area (Å²) in [5, 5.41) is 3.99. The van der Waals surface area contributed by atoms with Crippen LogP contribution >= 0.6 is 39.5 Å². The molecule has 4 nitrogen and oxygen atoms in total. The van der Waals surface area contributed by atoms with Gasteiger partial charge in [-0.1, -0.05) is 0 Å². The van der Waals surface area contributed by atoms with Crippen LogP contribution in [0.25, 0.3) is 0 Å². The lowest BCUT2D eigenvalue weighted by Crippen LogP contribution is -2.48. The quantitative estimate of drug-likeness (QED) is 0.637. The molecule has 2 heterocycles. The standard InChI is InChI=1S/C14H15BrN2O2S2/c1-7-11(13(18)19-2)12(9-5-6-10(15)21-9)16-14(20)17(7)8-3-4-8/h5-6,8,12H,3-4H2,1-2H3,(H,16,20)/t12-/m0/s1. The summed E-state index contributed by atoms with van der Waals surface area (Å²) in [5.74, 6) is -0.303. The fraction of sp³-hybridized carbons (Fsp3) is 0.429. The van der Waals surface area contributed by atoms with E-state index in [4.69, 9.17) is 17.0 Å². The number of allylic oxidation sites excluding steroid dienone is 1. The molecule has 0 saturated heterocycles. The Labute approximate surface area is 141 Å². The van der Waals surface area contributed by atoms with Gasteiger partial charge in [-0.25, -0.2) is 4.79 Å². The molecule has 21 heavy (non-hydrogen) atoms. The first-order valence-electron chi connectivity index (χ1n) is 6.67. The van der Waals surface area contributed by atoms with Gasteiger partial charge in [0.15, 0.2) is 5.11 Å². The molecular weight excluding hydrogens is 372 g/mol. The molecule has 7 heteroatoms. The number of carbonyl (C=O) groups is 1. The van der Waals surface area contributed by atoms with Gasteiger partial charge in [0, 0.05) is 16.6 Å². The smallest absolute Gasteiger partial charge is 0.338 e. The summed E-state index contributed by atoms with van der Waals surface area (Å²) >= 11 is 10.6. The number of nitrogens with one attached hydrogen (secondary N) is 1. The third-order valence-corrected chi connectivity index (χ3v) is 5.73. The lowest BCUT2D eigenvalue weighted by Gasteiger charge is -2.37. The highest BCUT2D eigenvalue weighted by molar-refractivity contribution is 9.11. The minimum absolute atomic E-state index is 0.240. The number of rotatable bonds is 3. The number of carbonyl (C=O) groups excluding carboxylic acids is 1. The number of hydrogen-bond acceptors (Lipinski definition) is 4. The Morgan fingerprint density at radius 3 is 2.76 bits per heavy atom. The largest absolute Gasteiger partial charge is 0.466 e. The molecule has 1 N–H and O–H groups in total. The highest BCUT2D eigenvalue weighted by Crippen LogP contribution is 2.40. The molecule has 1 atom stereocenters. The van der Waals surface area contributed by atoms with Gasteiger partial charge in [-0.15, -0.1) is 11.3 Å². The van der Waals surface area contributed by atoms with E-state index in [0.717, 1.165) is 27.2 Å². The summed E-state index contributed by atoms with van der Waals surface area (Å²) in [6.45, 7) is 1.95. The van der Waals surface area contributed by atoms with Crippen LogP contribution in [0.1, 0.15) is 30.7 Å². The molecule has 112 valence electrons. The van der Waals surface area contributed by atoms with Crippen LogP contribution in [0.4, 0.5) is 0 Å². The van der Waals surface area contributed by atoms with Crippen LogP contribution in [0.3, 0.4) is 0 Å². The molecule has 2 aliphatic rings. The number of methoxy groups -OCH3 is 1. The number of esters is 1. The van der Waals surface area contributed by atoms with E-state index >= 15 is 0 Å². The van der Waals surface area contributed by atoms with Crippen molar-refractivity contribution < 1.29 is 9.53 Å². The molecule has 0 amide bonds. The maximum absolute atomic E-state index is 12.3. The third kappa shape index (κ3) is 2.74. The van der Waals surface area contributed by atoms with E-state index < -0.39 is 0 Å².